The maximum Gasteiger partial charge on any atom is 0.322 e. The number of hydrogen-bond donors (Lipinski definition) is 1. The number of carbonyl (C=O) groups excluding carboxylic acids is 1. The molecule has 142 valence electrons. The van der Waals surface area contributed by atoms with E-state index in [0.717, 1.165) is 18.7 Å². The molecule has 4 rings (SSSR count). The molecule has 0 saturated heterocycles. The summed E-state index contributed by atoms with van der Waals surface area (Å²) in [4.78, 5) is 14.4. The highest BCUT2D eigenvalue weighted by Gasteiger charge is 2.20. The molecule has 28 heavy (non-hydrogen) atoms. The fraction of sp³-hybridized carbons (Fsp3) is 0.174. The number of methoxy groups -OCH3 is 1. The van der Waals surface area contributed by atoms with Gasteiger partial charge >= 0.3 is 6.03 Å². The summed E-state index contributed by atoms with van der Waals surface area (Å²) in [5, 5.41) is 2.96. The number of rotatable bonds is 4. The van der Waals surface area contributed by atoms with Gasteiger partial charge in [0.1, 0.15) is 5.75 Å². The molecular formula is C23H22N2O3. The van der Waals surface area contributed by atoms with Gasteiger partial charge in [-0.2, -0.15) is 0 Å². The zero-order chi connectivity index (χ0) is 19.3. The van der Waals surface area contributed by atoms with Crippen LogP contribution in [0.3, 0.4) is 0 Å². The molecule has 0 unspecified atom stereocenters. The topological polar surface area (TPSA) is 50.8 Å². The Hall–Kier alpha value is -3.47. The predicted molar refractivity (Wildman–Crippen MR) is 109 cm³/mol. The summed E-state index contributed by atoms with van der Waals surface area (Å²) < 4.78 is 11.2. The van der Waals surface area contributed by atoms with Crippen molar-refractivity contribution < 1.29 is 14.3 Å². The van der Waals surface area contributed by atoms with Crippen LogP contribution in [0.4, 0.5) is 10.5 Å². The lowest BCUT2D eigenvalue weighted by Gasteiger charge is -2.29. The van der Waals surface area contributed by atoms with Crippen LogP contribution in [0.2, 0.25) is 0 Å². The molecule has 2 amide bonds. The number of carbonyl (C=O) groups is 1. The van der Waals surface area contributed by atoms with Gasteiger partial charge in [-0.25, -0.2) is 4.79 Å². The van der Waals surface area contributed by atoms with E-state index in [0.29, 0.717) is 23.8 Å². The van der Waals surface area contributed by atoms with E-state index in [2.05, 4.69) is 17.4 Å². The maximum absolute atomic E-state index is 12.6. The molecule has 0 bridgehead atoms. The van der Waals surface area contributed by atoms with Gasteiger partial charge in [0.2, 0.25) is 0 Å². The second kappa shape index (κ2) is 8.05. The molecule has 0 radical (unpaired) electrons. The summed E-state index contributed by atoms with van der Waals surface area (Å²) in [5.41, 5.74) is 3.27. The quantitative estimate of drug-likeness (QED) is 0.693. The first-order chi connectivity index (χ1) is 13.7. The van der Waals surface area contributed by atoms with Gasteiger partial charge in [0.15, 0.2) is 11.5 Å². The van der Waals surface area contributed by atoms with Crippen LogP contribution in [0.1, 0.15) is 11.1 Å². The molecule has 1 heterocycles. The van der Waals surface area contributed by atoms with Crippen LogP contribution in [0.5, 0.6) is 17.2 Å². The Kier molecular flexibility index (Phi) is 5.15. The SMILES string of the molecule is COc1ccccc1Oc1ccc(NC(=O)N2CCc3ccccc3C2)cc1. The van der Waals surface area contributed by atoms with Crippen molar-refractivity contribution >= 4 is 11.7 Å². The smallest absolute Gasteiger partial charge is 0.322 e. The zero-order valence-electron chi connectivity index (χ0n) is 15.7. The van der Waals surface area contributed by atoms with Gasteiger partial charge in [0, 0.05) is 18.8 Å². The molecular weight excluding hydrogens is 352 g/mol. The molecule has 0 fully saturated rings. The van der Waals surface area contributed by atoms with E-state index >= 15 is 0 Å². The lowest BCUT2D eigenvalue weighted by Crippen LogP contribution is -2.38. The van der Waals surface area contributed by atoms with Crippen molar-refractivity contribution in [3.63, 3.8) is 0 Å². The third-order valence-corrected chi connectivity index (χ3v) is 4.82. The molecule has 1 aliphatic heterocycles. The monoisotopic (exact) mass is 374 g/mol. The summed E-state index contributed by atoms with van der Waals surface area (Å²) in [6.07, 6.45) is 0.884. The van der Waals surface area contributed by atoms with Gasteiger partial charge < -0.3 is 19.7 Å². The number of hydrogen-bond acceptors (Lipinski definition) is 3. The average molecular weight is 374 g/mol. The Labute approximate surface area is 164 Å². The van der Waals surface area contributed by atoms with Crippen molar-refractivity contribution in [3.8, 4) is 17.2 Å². The second-order valence-corrected chi connectivity index (χ2v) is 6.65. The first-order valence-electron chi connectivity index (χ1n) is 9.26. The minimum absolute atomic E-state index is 0.0899. The highest BCUT2D eigenvalue weighted by atomic mass is 16.5. The lowest BCUT2D eigenvalue weighted by molar-refractivity contribution is 0.206. The number of nitrogens with zero attached hydrogens (tertiary/aromatic N) is 1. The maximum atomic E-state index is 12.6. The van der Waals surface area contributed by atoms with Crippen molar-refractivity contribution in [2.45, 2.75) is 13.0 Å². The van der Waals surface area contributed by atoms with Crippen LogP contribution < -0.4 is 14.8 Å². The van der Waals surface area contributed by atoms with Crippen LogP contribution in [0.25, 0.3) is 0 Å². The van der Waals surface area contributed by atoms with Crippen LogP contribution >= 0.6 is 0 Å². The Balaban J connectivity index is 1.39. The van der Waals surface area contributed by atoms with Crippen LogP contribution in [0, 0.1) is 0 Å². The first kappa shape index (κ1) is 17.9. The molecule has 0 atom stereocenters. The number of ether oxygens (including phenoxy) is 2. The van der Waals surface area contributed by atoms with E-state index in [9.17, 15) is 4.79 Å². The summed E-state index contributed by atoms with van der Waals surface area (Å²) in [6.45, 7) is 1.36. The van der Waals surface area contributed by atoms with Gasteiger partial charge in [-0.05, 0) is 53.9 Å². The molecule has 1 aliphatic rings. The highest BCUT2D eigenvalue weighted by Crippen LogP contribution is 2.31. The van der Waals surface area contributed by atoms with Crippen molar-refractivity contribution in [1.82, 2.24) is 4.90 Å². The fourth-order valence-electron chi connectivity index (χ4n) is 3.31. The molecule has 0 spiro atoms. The summed E-state index contributed by atoms with van der Waals surface area (Å²) in [6, 6.07) is 23.0. The Bertz CT molecular complexity index is 970. The van der Waals surface area contributed by atoms with Gasteiger partial charge in [-0.15, -0.1) is 0 Å². The normalized spacial score (nSPS) is 12.8. The molecule has 3 aromatic rings. The number of para-hydroxylation sites is 2. The Morgan fingerprint density at radius 3 is 2.32 bits per heavy atom. The molecule has 0 saturated carbocycles. The fourth-order valence-corrected chi connectivity index (χ4v) is 3.31. The van der Waals surface area contributed by atoms with Crippen LogP contribution in [0.15, 0.2) is 72.8 Å². The molecule has 5 heteroatoms. The number of urea groups is 1. The Morgan fingerprint density at radius 2 is 1.57 bits per heavy atom. The van der Waals surface area contributed by atoms with Crippen molar-refractivity contribution in [3.05, 3.63) is 83.9 Å². The first-order valence-corrected chi connectivity index (χ1v) is 9.26. The van der Waals surface area contributed by atoms with E-state index in [1.165, 1.54) is 11.1 Å². The van der Waals surface area contributed by atoms with Gasteiger partial charge in [-0.1, -0.05) is 36.4 Å². The minimum Gasteiger partial charge on any atom is -0.493 e. The summed E-state index contributed by atoms with van der Waals surface area (Å²) in [5.74, 6) is 1.99. The number of anilines is 1. The number of benzene rings is 3. The van der Waals surface area contributed by atoms with Crippen LogP contribution in [-0.2, 0) is 13.0 Å². The number of fused-ring (bicyclic) bond motifs is 1. The van der Waals surface area contributed by atoms with Crippen molar-refractivity contribution in [2.75, 3.05) is 19.0 Å². The zero-order valence-corrected chi connectivity index (χ0v) is 15.7. The summed E-state index contributed by atoms with van der Waals surface area (Å²) in [7, 11) is 1.61. The third kappa shape index (κ3) is 3.93. The van der Waals surface area contributed by atoms with E-state index in [4.69, 9.17) is 9.47 Å². The van der Waals surface area contributed by atoms with Crippen molar-refractivity contribution in [2.24, 2.45) is 0 Å². The molecule has 5 nitrogen and oxygen atoms in total. The van der Waals surface area contributed by atoms with E-state index in [1.54, 1.807) is 7.11 Å². The molecule has 3 aromatic carbocycles. The summed E-state index contributed by atoms with van der Waals surface area (Å²) >= 11 is 0. The minimum atomic E-state index is -0.0899. The van der Waals surface area contributed by atoms with Gasteiger partial charge in [-0.3, -0.25) is 0 Å². The third-order valence-electron chi connectivity index (χ3n) is 4.82. The standard InChI is InChI=1S/C23H22N2O3/c1-27-21-8-4-5-9-22(21)28-20-12-10-19(11-13-20)24-23(26)25-15-14-17-6-2-3-7-18(17)16-25/h2-13H,14-16H2,1H3,(H,24,26). The average Bonchev–Trinajstić information content (AvgIpc) is 2.75. The number of nitrogens with one attached hydrogen (secondary N) is 1. The highest BCUT2D eigenvalue weighted by molar-refractivity contribution is 5.89. The second-order valence-electron chi connectivity index (χ2n) is 6.65. The van der Waals surface area contributed by atoms with E-state index in [1.807, 2.05) is 65.6 Å². The van der Waals surface area contributed by atoms with Gasteiger partial charge in [0.25, 0.3) is 0 Å². The van der Waals surface area contributed by atoms with Crippen molar-refractivity contribution in [1.29, 1.82) is 0 Å². The van der Waals surface area contributed by atoms with E-state index < -0.39 is 0 Å². The Morgan fingerprint density at radius 1 is 0.893 bits per heavy atom. The molecule has 0 aromatic heterocycles. The molecule has 0 aliphatic carbocycles. The van der Waals surface area contributed by atoms with E-state index in [-0.39, 0.29) is 6.03 Å². The number of amides is 2. The van der Waals surface area contributed by atoms with Gasteiger partial charge in [0.05, 0.1) is 7.11 Å². The lowest BCUT2D eigenvalue weighted by atomic mass is 10.0. The molecule has 1 N–H and O–H groups in total. The van der Waals surface area contributed by atoms with Crippen LogP contribution in [-0.4, -0.2) is 24.6 Å². The predicted octanol–water partition coefficient (Wildman–Crippen LogP) is 5.08. The largest absolute Gasteiger partial charge is 0.493 e.